The first kappa shape index (κ1) is 11.3. The van der Waals surface area contributed by atoms with Crippen LogP contribution >= 0.6 is 0 Å². The Kier molecular flexibility index (Phi) is 2.68. The Morgan fingerprint density at radius 1 is 1.00 bits per heavy atom. The molecule has 0 aliphatic rings. The van der Waals surface area contributed by atoms with Gasteiger partial charge in [-0.2, -0.15) is 4.98 Å². The van der Waals surface area contributed by atoms with Crippen LogP contribution in [0.4, 0.5) is 5.95 Å². The fourth-order valence-electron chi connectivity index (χ4n) is 1.74. The Morgan fingerprint density at radius 2 is 1.79 bits per heavy atom. The maximum atomic E-state index is 5.50. The van der Waals surface area contributed by atoms with Crippen LogP contribution in [0.15, 0.2) is 36.7 Å². The van der Waals surface area contributed by atoms with Gasteiger partial charge in [-0.05, 0) is 24.3 Å². The number of nitrogen functional groups attached to an aromatic ring is 1. The number of methoxy groups -OCH3 is 1. The molecule has 2 aromatic heterocycles. The molecule has 0 saturated heterocycles. The summed E-state index contributed by atoms with van der Waals surface area (Å²) in [5.74, 6) is 0.993. The van der Waals surface area contributed by atoms with E-state index in [0.29, 0.717) is 11.2 Å². The van der Waals surface area contributed by atoms with Crippen molar-refractivity contribution in [1.82, 2.24) is 19.9 Å². The zero-order chi connectivity index (χ0) is 13.2. The number of anilines is 1. The van der Waals surface area contributed by atoms with Gasteiger partial charge in [-0.25, -0.2) is 15.0 Å². The summed E-state index contributed by atoms with van der Waals surface area (Å²) in [7, 11) is 1.63. The van der Waals surface area contributed by atoms with Crippen LogP contribution < -0.4 is 10.5 Å². The van der Waals surface area contributed by atoms with Crippen molar-refractivity contribution in [3.8, 4) is 17.0 Å². The van der Waals surface area contributed by atoms with Crippen LogP contribution in [0.3, 0.4) is 0 Å². The molecular weight excluding hydrogens is 242 g/mol. The predicted octanol–water partition coefficient (Wildman–Crippen LogP) is 1.68. The summed E-state index contributed by atoms with van der Waals surface area (Å²) < 4.78 is 5.12. The van der Waals surface area contributed by atoms with E-state index in [1.165, 1.54) is 0 Å². The third-order valence-electron chi connectivity index (χ3n) is 2.70. The topological polar surface area (TPSA) is 86.8 Å². The molecule has 0 aliphatic heterocycles. The average Bonchev–Trinajstić information content (AvgIpc) is 2.47. The first-order chi connectivity index (χ1) is 9.26. The van der Waals surface area contributed by atoms with Crippen LogP contribution in [-0.4, -0.2) is 27.0 Å². The Bertz CT molecular complexity index is 727. The van der Waals surface area contributed by atoms with Gasteiger partial charge in [-0.15, -0.1) is 0 Å². The number of aromatic nitrogens is 4. The highest BCUT2D eigenvalue weighted by Crippen LogP contribution is 2.21. The second kappa shape index (κ2) is 4.49. The van der Waals surface area contributed by atoms with Crippen LogP contribution in [0.1, 0.15) is 0 Å². The van der Waals surface area contributed by atoms with Crippen molar-refractivity contribution >= 4 is 17.1 Å². The number of benzene rings is 1. The molecule has 0 atom stereocenters. The molecule has 0 fully saturated rings. The summed E-state index contributed by atoms with van der Waals surface area (Å²) in [6, 6.07) is 7.60. The van der Waals surface area contributed by atoms with Crippen LogP contribution in [0.25, 0.3) is 22.4 Å². The van der Waals surface area contributed by atoms with Crippen molar-refractivity contribution in [3.63, 3.8) is 0 Å². The minimum atomic E-state index is 0.194. The van der Waals surface area contributed by atoms with Crippen LogP contribution in [-0.2, 0) is 0 Å². The highest BCUT2D eigenvalue weighted by atomic mass is 16.5. The second-order valence-electron chi connectivity index (χ2n) is 3.92. The first-order valence-corrected chi connectivity index (χ1v) is 5.66. The molecule has 6 heteroatoms. The quantitative estimate of drug-likeness (QED) is 0.747. The van der Waals surface area contributed by atoms with E-state index in [4.69, 9.17) is 10.5 Å². The zero-order valence-corrected chi connectivity index (χ0v) is 10.2. The van der Waals surface area contributed by atoms with Gasteiger partial charge in [0.15, 0.2) is 5.65 Å². The van der Waals surface area contributed by atoms with Gasteiger partial charge >= 0.3 is 0 Å². The molecule has 2 N–H and O–H groups in total. The third kappa shape index (κ3) is 2.15. The lowest BCUT2D eigenvalue weighted by Crippen LogP contribution is -1.97. The number of nitrogens with two attached hydrogens (primary N) is 1. The van der Waals surface area contributed by atoms with Gasteiger partial charge in [0.25, 0.3) is 0 Å². The van der Waals surface area contributed by atoms with E-state index >= 15 is 0 Å². The van der Waals surface area contributed by atoms with Crippen LogP contribution in [0.2, 0.25) is 0 Å². The predicted molar refractivity (Wildman–Crippen MR) is 71.5 cm³/mol. The van der Waals surface area contributed by atoms with E-state index in [1.807, 2.05) is 24.3 Å². The lowest BCUT2D eigenvalue weighted by atomic mass is 10.1. The van der Waals surface area contributed by atoms with E-state index in [9.17, 15) is 0 Å². The number of hydrogen-bond donors (Lipinski definition) is 1. The van der Waals surface area contributed by atoms with Crippen molar-refractivity contribution in [2.75, 3.05) is 12.8 Å². The number of hydrogen-bond acceptors (Lipinski definition) is 6. The normalized spacial score (nSPS) is 10.6. The average molecular weight is 253 g/mol. The molecule has 0 unspecified atom stereocenters. The van der Waals surface area contributed by atoms with Crippen molar-refractivity contribution in [2.45, 2.75) is 0 Å². The molecule has 0 amide bonds. The SMILES string of the molecule is COc1ccc(-c2cnc3nc(N)ncc3n2)cc1. The van der Waals surface area contributed by atoms with E-state index in [1.54, 1.807) is 19.5 Å². The number of rotatable bonds is 2. The van der Waals surface area contributed by atoms with Gasteiger partial charge in [-0.3, -0.25) is 0 Å². The summed E-state index contributed by atoms with van der Waals surface area (Å²) in [4.78, 5) is 16.6. The molecule has 0 spiro atoms. The monoisotopic (exact) mass is 253 g/mol. The lowest BCUT2D eigenvalue weighted by Gasteiger charge is -2.04. The molecule has 6 nitrogen and oxygen atoms in total. The highest BCUT2D eigenvalue weighted by Gasteiger charge is 2.04. The van der Waals surface area contributed by atoms with Crippen molar-refractivity contribution in [1.29, 1.82) is 0 Å². The molecule has 0 bridgehead atoms. The minimum Gasteiger partial charge on any atom is -0.497 e. The minimum absolute atomic E-state index is 0.194. The van der Waals surface area contributed by atoms with Gasteiger partial charge in [0.1, 0.15) is 11.3 Å². The summed E-state index contributed by atoms with van der Waals surface area (Å²) in [6.45, 7) is 0. The molecule has 19 heavy (non-hydrogen) atoms. The number of ether oxygens (including phenoxy) is 1. The smallest absolute Gasteiger partial charge is 0.222 e. The molecule has 2 heterocycles. The zero-order valence-electron chi connectivity index (χ0n) is 10.2. The first-order valence-electron chi connectivity index (χ1n) is 5.66. The molecule has 0 saturated carbocycles. The Hall–Kier alpha value is -2.76. The summed E-state index contributed by atoms with van der Waals surface area (Å²) in [5.41, 5.74) is 8.31. The summed E-state index contributed by atoms with van der Waals surface area (Å²) >= 11 is 0. The second-order valence-corrected chi connectivity index (χ2v) is 3.92. The van der Waals surface area contributed by atoms with Gasteiger partial charge in [0.05, 0.1) is 25.2 Å². The summed E-state index contributed by atoms with van der Waals surface area (Å²) in [6.07, 6.45) is 3.23. The van der Waals surface area contributed by atoms with E-state index in [-0.39, 0.29) is 5.95 Å². The number of nitrogens with zero attached hydrogens (tertiary/aromatic N) is 4. The highest BCUT2D eigenvalue weighted by molar-refractivity contribution is 5.73. The van der Waals surface area contributed by atoms with Gasteiger partial charge in [-0.1, -0.05) is 0 Å². The van der Waals surface area contributed by atoms with Gasteiger partial charge < -0.3 is 10.5 Å². The van der Waals surface area contributed by atoms with Crippen molar-refractivity contribution in [3.05, 3.63) is 36.7 Å². The maximum Gasteiger partial charge on any atom is 0.222 e. The van der Waals surface area contributed by atoms with Gasteiger partial charge in [0, 0.05) is 5.56 Å². The molecule has 1 aromatic carbocycles. The maximum absolute atomic E-state index is 5.50. The number of fused-ring (bicyclic) bond motifs is 1. The fraction of sp³-hybridized carbons (Fsp3) is 0.0769. The van der Waals surface area contributed by atoms with E-state index in [2.05, 4.69) is 19.9 Å². The summed E-state index contributed by atoms with van der Waals surface area (Å²) in [5, 5.41) is 0. The van der Waals surface area contributed by atoms with E-state index < -0.39 is 0 Å². The van der Waals surface area contributed by atoms with E-state index in [0.717, 1.165) is 17.0 Å². The fourth-order valence-corrected chi connectivity index (χ4v) is 1.74. The van der Waals surface area contributed by atoms with Crippen molar-refractivity contribution in [2.24, 2.45) is 0 Å². The largest absolute Gasteiger partial charge is 0.497 e. The molecule has 0 aliphatic carbocycles. The molecule has 94 valence electrons. The Morgan fingerprint density at radius 3 is 2.53 bits per heavy atom. The van der Waals surface area contributed by atoms with Crippen molar-refractivity contribution < 1.29 is 4.74 Å². The Balaban J connectivity index is 2.06. The molecular formula is C13H11N5O. The molecule has 3 rings (SSSR count). The standard InChI is InChI=1S/C13H11N5O/c1-19-9-4-2-8(3-5-9)10-6-15-12-11(17-10)7-16-13(14)18-12/h2-7H,1H3,(H2,14,15,16,18). The van der Waals surface area contributed by atoms with Crippen LogP contribution in [0, 0.1) is 0 Å². The lowest BCUT2D eigenvalue weighted by molar-refractivity contribution is 0.415. The Labute approximate surface area is 109 Å². The third-order valence-corrected chi connectivity index (χ3v) is 2.70. The van der Waals surface area contributed by atoms with Crippen LogP contribution in [0.5, 0.6) is 5.75 Å². The molecule has 0 radical (unpaired) electrons. The van der Waals surface area contributed by atoms with Gasteiger partial charge in [0.2, 0.25) is 5.95 Å². The molecule has 3 aromatic rings.